The predicted molar refractivity (Wildman–Crippen MR) is 113 cm³/mol. The molecule has 2 aromatic carbocycles. The summed E-state index contributed by atoms with van der Waals surface area (Å²) in [6.45, 7) is 2.26. The Hall–Kier alpha value is -2.23. The van der Waals surface area contributed by atoms with E-state index >= 15 is 0 Å². The van der Waals surface area contributed by atoms with Gasteiger partial charge in [-0.15, -0.1) is 0 Å². The van der Waals surface area contributed by atoms with Crippen LogP contribution in [0.3, 0.4) is 0 Å². The molecule has 1 saturated heterocycles. The number of ether oxygens (including phenoxy) is 1. The van der Waals surface area contributed by atoms with Crippen LogP contribution in [-0.4, -0.2) is 35.9 Å². The summed E-state index contributed by atoms with van der Waals surface area (Å²) >= 11 is 1.99. The standard InChI is InChI=1S/C21H21F2IN2O3/c1-12(27)26-6-2-3-17(26)11-29-19-9-15(22)8-14(20(19)21(25)28)7-13-4-5-16(24)10-18(13)23/h4-5,8-10,17H,2-3,6-7,11H2,1H3,(H2,25,28)/t17-/m1/s1. The van der Waals surface area contributed by atoms with Gasteiger partial charge in [0.15, 0.2) is 0 Å². The van der Waals surface area contributed by atoms with Gasteiger partial charge < -0.3 is 15.4 Å². The molecule has 1 heterocycles. The van der Waals surface area contributed by atoms with Crippen LogP contribution in [0.4, 0.5) is 8.78 Å². The Morgan fingerprint density at radius 1 is 1.24 bits per heavy atom. The van der Waals surface area contributed by atoms with Crippen LogP contribution in [0.1, 0.15) is 41.3 Å². The van der Waals surface area contributed by atoms with Crippen molar-refractivity contribution in [2.24, 2.45) is 5.73 Å². The second-order valence-electron chi connectivity index (χ2n) is 7.03. The van der Waals surface area contributed by atoms with Crippen LogP contribution >= 0.6 is 22.6 Å². The molecule has 2 aromatic rings. The van der Waals surface area contributed by atoms with Gasteiger partial charge in [0.2, 0.25) is 5.91 Å². The molecule has 0 aromatic heterocycles. The van der Waals surface area contributed by atoms with Crippen molar-refractivity contribution in [2.75, 3.05) is 13.2 Å². The van der Waals surface area contributed by atoms with E-state index in [9.17, 15) is 18.4 Å². The average molecular weight is 514 g/mol. The summed E-state index contributed by atoms with van der Waals surface area (Å²) in [6.07, 6.45) is 1.62. The molecular formula is C21H21F2IN2O3. The smallest absolute Gasteiger partial charge is 0.252 e. The lowest BCUT2D eigenvalue weighted by Crippen LogP contribution is -2.37. The Kier molecular flexibility index (Phi) is 6.71. The van der Waals surface area contributed by atoms with Gasteiger partial charge in [-0.05, 0) is 64.8 Å². The first-order valence-corrected chi connectivity index (χ1v) is 10.3. The van der Waals surface area contributed by atoms with E-state index in [-0.39, 0.29) is 41.9 Å². The van der Waals surface area contributed by atoms with Gasteiger partial charge in [-0.3, -0.25) is 9.59 Å². The van der Waals surface area contributed by atoms with Gasteiger partial charge in [-0.1, -0.05) is 6.07 Å². The minimum atomic E-state index is -0.782. The molecule has 0 radical (unpaired) electrons. The number of hydrogen-bond donors (Lipinski definition) is 1. The lowest BCUT2D eigenvalue weighted by molar-refractivity contribution is -0.130. The van der Waals surface area contributed by atoms with Gasteiger partial charge in [0.1, 0.15) is 24.0 Å². The van der Waals surface area contributed by atoms with Crippen LogP contribution in [0.2, 0.25) is 0 Å². The Morgan fingerprint density at radius 2 is 2.00 bits per heavy atom. The number of rotatable bonds is 6. The Bertz CT molecular complexity index is 952. The van der Waals surface area contributed by atoms with E-state index in [1.807, 2.05) is 22.6 Å². The van der Waals surface area contributed by atoms with Crippen molar-refractivity contribution in [1.82, 2.24) is 4.90 Å². The summed E-state index contributed by atoms with van der Waals surface area (Å²) in [4.78, 5) is 25.5. The van der Waals surface area contributed by atoms with E-state index in [1.165, 1.54) is 19.1 Å². The number of likely N-dealkylation sites (tertiary alicyclic amines) is 1. The molecule has 0 unspecified atom stereocenters. The molecule has 0 bridgehead atoms. The summed E-state index contributed by atoms with van der Waals surface area (Å²) in [5.41, 5.74) is 6.14. The summed E-state index contributed by atoms with van der Waals surface area (Å²) in [5.74, 6) is -1.88. The van der Waals surface area contributed by atoms with Crippen LogP contribution in [0.5, 0.6) is 5.75 Å². The van der Waals surface area contributed by atoms with E-state index in [2.05, 4.69) is 0 Å². The normalized spacial score (nSPS) is 16.1. The average Bonchev–Trinajstić information content (AvgIpc) is 3.10. The zero-order chi connectivity index (χ0) is 21.1. The monoisotopic (exact) mass is 514 g/mol. The number of amides is 2. The third kappa shape index (κ3) is 5.04. The summed E-state index contributed by atoms with van der Waals surface area (Å²) in [5, 5.41) is 0. The molecular weight excluding hydrogens is 493 g/mol. The van der Waals surface area contributed by atoms with Crippen LogP contribution < -0.4 is 10.5 Å². The highest BCUT2D eigenvalue weighted by Gasteiger charge is 2.28. The Balaban J connectivity index is 1.89. The number of nitrogens with two attached hydrogens (primary N) is 1. The second-order valence-corrected chi connectivity index (χ2v) is 8.28. The first kappa shape index (κ1) is 21.5. The van der Waals surface area contributed by atoms with Crippen molar-refractivity contribution in [3.05, 3.63) is 62.2 Å². The number of halogens is 3. The van der Waals surface area contributed by atoms with Crippen LogP contribution in [0, 0.1) is 15.2 Å². The third-order valence-electron chi connectivity index (χ3n) is 5.00. The van der Waals surface area contributed by atoms with Gasteiger partial charge in [-0.2, -0.15) is 0 Å². The molecule has 3 rings (SSSR count). The third-order valence-corrected chi connectivity index (χ3v) is 5.67. The van der Waals surface area contributed by atoms with Crippen molar-refractivity contribution in [3.63, 3.8) is 0 Å². The highest BCUT2D eigenvalue weighted by Crippen LogP contribution is 2.28. The maximum atomic E-state index is 14.3. The Morgan fingerprint density at radius 3 is 2.66 bits per heavy atom. The van der Waals surface area contributed by atoms with Crippen molar-refractivity contribution in [2.45, 2.75) is 32.2 Å². The zero-order valence-corrected chi connectivity index (χ0v) is 18.0. The number of hydrogen-bond acceptors (Lipinski definition) is 3. The predicted octanol–water partition coefficient (Wildman–Crippen LogP) is 3.65. The highest BCUT2D eigenvalue weighted by molar-refractivity contribution is 14.1. The number of benzene rings is 2. The van der Waals surface area contributed by atoms with Crippen LogP contribution in [-0.2, 0) is 11.2 Å². The van der Waals surface area contributed by atoms with Crippen LogP contribution in [0.25, 0.3) is 0 Å². The molecule has 1 aliphatic heterocycles. The van der Waals surface area contributed by atoms with E-state index < -0.39 is 17.5 Å². The van der Waals surface area contributed by atoms with Crippen molar-refractivity contribution >= 4 is 34.4 Å². The van der Waals surface area contributed by atoms with E-state index in [0.717, 1.165) is 22.5 Å². The fourth-order valence-electron chi connectivity index (χ4n) is 3.65. The van der Waals surface area contributed by atoms with Crippen molar-refractivity contribution in [3.8, 4) is 5.75 Å². The van der Waals surface area contributed by atoms with Gasteiger partial charge in [0.25, 0.3) is 5.91 Å². The molecule has 0 saturated carbocycles. The molecule has 1 aliphatic rings. The number of nitrogens with zero attached hydrogens (tertiary/aromatic N) is 1. The summed E-state index contributed by atoms with van der Waals surface area (Å²) < 4.78 is 35.0. The zero-order valence-electron chi connectivity index (χ0n) is 15.9. The van der Waals surface area contributed by atoms with Gasteiger partial charge in [0, 0.05) is 29.5 Å². The minimum Gasteiger partial charge on any atom is -0.490 e. The Labute approximate surface area is 181 Å². The minimum absolute atomic E-state index is 0.00184. The molecule has 29 heavy (non-hydrogen) atoms. The number of carbonyl (C=O) groups excluding carboxylic acids is 2. The largest absolute Gasteiger partial charge is 0.490 e. The van der Waals surface area contributed by atoms with E-state index in [4.69, 9.17) is 10.5 Å². The molecule has 5 nitrogen and oxygen atoms in total. The molecule has 8 heteroatoms. The summed E-state index contributed by atoms with van der Waals surface area (Å²) in [6, 6.07) is 6.82. The molecule has 1 atom stereocenters. The molecule has 0 aliphatic carbocycles. The number of carbonyl (C=O) groups is 2. The molecule has 154 valence electrons. The fraction of sp³-hybridized carbons (Fsp3) is 0.333. The van der Waals surface area contributed by atoms with Gasteiger partial charge >= 0.3 is 0 Å². The highest BCUT2D eigenvalue weighted by atomic mass is 127. The topological polar surface area (TPSA) is 72.6 Å². The number of primary amides is 1. The molecule has 2 amide bonds. The fourth-order valence-corrected chi connectivity index (χ4v) is 4.10. The van der Waals surface area contributed by atoms with Gasteiger partial charge in [-0.25, -0.2) is 8.78 Å². The quantitative estimate of drug-likeness (QED) is 0.599. The second kappa shape index (κ2) is 9.06. The molecule has 0 spiro atoms. The van der Waals surface area contributed by atoms with Crippen LogP contribution in [0.15, 0.2) is 30.3 Å². The first-order chi connectivity index (χ1) is 13.8. The van der Waals surface area contributed by atoms with Crippen molar-refractivity contribution < 1.29 is 23.1 Å². The van der Waals surface area contributed by atoms with E-state index in [1.54, 1.807) is 17.0 Å². The van der Waals surface area contributed by atoms with Crippen molar-refractivity contribution in [1.29, 1.82) is 0 Å². The molecule has 2 N–H and O–H groups in total. The lowest BCUT2D eigenvalue weighted by Gasteiger charge is -2.24. The SMILES string of the molecule is CC(=O)N1CCC[C@@H]1COc1cc(F)cc(Cc2ccc(I)cc2F)c1C(N)=O. The molecule has 1 fully saturated rings. The van der Waals surface area contributed by atoms with Gasteiger partial charge in [0.05, 0.1) is 11.6 Å². The maximum absolute atomic E-state index is 14.3. The maximum Gasteiger partial charge on any atom is 0.252 e. The summed E-state index contributed by atoms with van der Waals surface area (Å²) in [7, 11) is 0. The lowest BCUT2D eigenvalue weighted by atomic mass is 9.98. The van der Waals surface area contributed by atoms with E-state index in [0.29, 0.717) is 12.1 Å². The first-order valence-electron chi connectivity index (χ1n) is 9.22.